The molecule has 100 valence electrons. The Labute approximate surface area is 111 Å². The molecule has 1 aromatic carbocycles. The lowest BCUT2D eigenvalue weighted by molar-refractivity contribution is -0.138. The molecule has 0 aromatic heterocycles. The van der Waals surface area contributed by atoms with Gasteiger partial charge in [-0.2, -0.15) is 0 Å². The molecule has 0 spiro atoms. The van der Waals surface area contributed by atoms with Gasteiger partial charge >= 0.3 is 5.97 Å². The molecule has 1 aromatic rings. The maximum Gasteiger partial charge on any atom is 0.333 e. The number of ether oxygens (including phenoxy) is 1. The largest absolute Gasteiger partial charge is 0.462 e. The van der Waals surface area contributed by atoms with Crippen LogP contribution >= 0.6 is 0 Å². The summed E-state index contributed by atoms with van der Waals surface area (Å²) in [6.45, 7) is 11.7. The lowest BCUT2D eigenvalue weighted by atomic mass is 10.1. The van der Waals surface area contributed by atoms with E-state index < -0.39 is 0 Å². The average Bonchev–Trinajstić information content (AvgIpc) is 2.41. The number of benzene rings is 1. The molecular weight excluding hydrogens is 224 g/mol. The minimum Gasteiger partial charge on any atom is -0.462 e. The second-order valence-electron chi connectivity index (χ2n) is 3.84. The first-order valence-corrected chi connectivity index (χ1v) is 6.54. The van der Waals surface area contributed by atoms with Crippen molar-refractivity contribution in [3.05, 3.63) is 47.5 Å². The zero-order valence-corrected chi connectivity index (χ0v) is 12.0. The van der Waals surface area contributed by atoms with E-state index in [0.29, 0.717) is 12.2 Å². The lowest BCUT2D eigenvalue weighted by Crippen LogP contribution is -2.07. The molecule has 0 unspecified atom stereocenters. The molecule has 0 fully saturated rings. The second kappa shape index (κ2) is 9.46. The van der Waals surface area contributed by atoms with Gasteiger partial charge in [0.05, 0.1) is 6.61 Å². The van der Waals surface area contributed by atoms with Crippen molar-refractivity contribution in [2.45, 2.75) is 40.5 Å². The van der Waals surface area contributed by atoms with Gasteiger partial charge in [0, 0.05) is 12.0 Å². The molecule has 0 aliphatic rings. The van der Waals surface area contributed by atoms with Crippen LogP contribution in [0, 0.1) is 0 Å². The Hall–Kier alpha value is -1.57. The molecule has 0 bridgehead atoms. The van der Waals surface area contributed by atoms with E-state index in [-0.39, 0.29) is 5.97 Å². The van der Waals surface area contributed by atoms with Crippen LogP contribution in [0.3, 0.4) is 0 Å². The number of hydrogen-bond acceptors (Lipinski definition) is 2. The Bertz CT molecular complexity index is 363. The summed E-state index contributed by atoms with van der Waals surface area (Å²) in [6.07, 6.45) is 1.80. The Kier molecular flexibility index (Phi) is 8.63. The number of aryl methyl sites for hydroxylation is 1. The summed E-state index contributed by atoms with van der Waals surface area (Å²) >= 11 is 0. The predicted octanol–water partition coefficient (Wildman–Crippen LogP) is 3.94. The van der Waals surface area contributed by atoms with E-state index in [1.54, 1.807) is 6.92 Å². The zero-order chi connectivity index (χ0) is 14.0. The summed E-state index contributed by atoms with van der Waals surface area (Å²) in [4.78, 5) is 11.1. The van der Waals surface area contributed by atoms with Gasteiger partial charge in [-0.1, -0.05) is 51.6 Å². The van der Waals surface area contributed by atoms with Crippen LogP contribution in [0.4, 0.5) is 0 Å². The standard InChI is InChI=1S/C14H18O2.C2H6/c1-4-12-5-7-13(8-6-12)9-10-16-14(15)11(2)3;1-2/h5-8H,2,4,9-10H2,1,3H3;1-2H3. The molecule has 0 amide bonds. The maximum absolute atomic E-state index is 11.1. The van der Waals surface area contributed by atoms with Crippen LogP contribution in [0.1, 0.15) is 38.8 Å². The van der Waals surface area contributed by atoms with Crippen LogP contribution < -0.4 is 0 Å². The fourth-order valence-corrected chi connectivity index (χ4v) is 1.33. The molecule has 0 saturated heterocycles. The summed E-state index contributed by atoms with van der Waals surface area (Å²) in [7, 11) is 0. The zero-order valence-electron chi connectivity index (χ0n) is 12.0. The van der Waals surface area contributed by atoms with E-state index >= 15 is 0 Å². The van der Waals surface area contributed by atoms with Crippen molar-refractivity contribution >= 4 is 5.97 Å². The molecule has 0 aliphatic heterocycles. The van der Waals surface area contributed by atoms with Gasteiger partial charge in [-0.15, -0.1) is 0 Å². The normalized spacial score (nSPS) is 9.11. The quantitative estimate of drug-likeness (QED) is 0.583. The van der Waals surface area contributed by atoms with E-state index in [9.17, 15) is 4.79 Å². The number of rotatable bonds is 5. The van der Waals surface area contributed by atoms with Crippen LogP contribution in [-0.2, 0) is 22.4 Å². The van der Waals surface area contributed by atoms with E-state index in [2.05, 4.69) is 37.8 Å². The van der Waals surface area contributed by atoms with E-state index in [1.165, 1.54) is 11.1 Å². The molecule has 0 N–H and O–H groups in total. The van der Waals surface area contributed by atoms with Crippen molar-refractivity contribution < 1.29 is 9.53 Å². The van der Waals surface area contributed by atoms with E-state index in [1.807, 2.05) is 13.8 Å². The monoisotopic (exact) mass is 248 g/mol. The second-order valence-corrected chi connectivity index (χ2v) is 3.84. The van der Waals surface area contributed by atoms with Crippen LogP contribution in [0.2, 0.25) is 0 Å². The SMILES string of the molecule is C=C(C)C(=O)OCCc1ccc(CC)cc1.CC. The molecule has 0 aliphatic carbocycles. The number of esters is 1. The first-order chi connectivity index (χ1) is 8.63. The highest BCUT2D eigenvalue weighted by atomic mass is 16.5. The maximum atomic E-state index is 11.1. The number of carbonyl (C=O) groups excluding carboxylic acids is 1. The summed E-state index contributed by atoms with van der Waals surface area (Å²) in [5.74, 6) is -0.315. The first kappa shape index (κ1) is 16.4. The fraction of sp³-hybridized carbons (Fsp3) is 0.438. The van der Waals surface area contributed by atoms with Crippen LogP contribution in [0.5, 0.6) is 0 Å². The molecule has 1 rings (SSSR count). The summed E-state index contributed by atoms with van der Waals surface area (Å²) in [6, 6.07) is 8.37. The highest BCUT2D eigenvalue weighted by Crippen LogP contribution is 2.06. The van der Waals surface area contributed by atoms with Gasteiger partial charge in [-0.3, -0.25) is 0 Å². The summed E-state index contributed by atoms with van der Waals surface area (Å²) in [5, 5.41) is 0. The molecule has 2 heteroatoms. The Morgan fingerprint density at radius 3 is 2.11 bits per heavy atom. The van der Waals surface area contributed by atoms with Crippen molar-refractivity contribution in [3.63, 3.8) is 0 Å². The molecule has 0 radical (unpaired) electrons. The Morgan fingerprint density at radius 1 is 1.17 bits per heavy atom. The lowest BCUT2D eigenvalue weighted by Gasteiger charge is -2.05. The van der Waals surface area contributed by atoms with Gasteiger partial charge < -0.3 is 4.74 Å². The molecule has 0 heterocycles. The fourth-order valence-electron chi connectivity index (χ4n) is 1.33. The Balaban J connectivity index is 0.00000137. The predicted molar refractivity (Wildman–Crippen MR) is 76.6 cm³/mol. The third-order valence-electron chi connectivity index (χ3n) is 2.40. The van der Waals surface area contributed by atoms with Crippen LogP contribution in [0.15, 0.2) is 36.4 Å². The van der Waals surface area contributed by atoms with Crippen LogP contribution in [-0.4, -0.2) is 12.6 Å². The number of hydrogen-bond donors (Lipinski definition) is 0. The van der Waals surface area contributed by atoms with Crippen LogP contribution in [0.25, 0.3) is 0 Å². The van der Waals surface area contributed by atoms with Crippen molar-refractivity contribution in [2.24, 2.45) is 0 Å². The first-order valence-electron chi connectivity index (χ1n) is 6.54. The average molecular weight is 248 g/mol. The third kappa shape index (κ3) is 6.24. The summed E-state index contributed by atoms with van der Waals surface area (Å²) < 4.78 is 5.03. The van der Waals surface area contributed by atoms with Crippen molar-refractivity contribution in [1.29, 1.82) is 0 Å². The molecular formula is C16H24O2. The smallest absolute Gasteiger partial charge is 0.333 e. The minimum absolute atomic E-state index is 0.315. The highest BCUT2D eigenvalue weighted by molar-refractivity contribution is 5.86. The van der Waals surface area contributed by atoms with Gasteiger partial charge in [0.2, 0.25) is 0 Å². The summed E-state index contributed by atoms with van der Waals surface area (Å²) in [5.41, 5.74) is 2.95. The van der Waals surface area contributed by atoms with Gasteiger partial charge in [-0.05, 0) is 24.5 Å². The van der Waals surface area contributed by atoms with Gasteiger partial charge in [0.15, 0.2) is 0 Å². The topological polar surface area (TPSA) is 26.3 Å². The van der Waals surface area contributed by atoms with Crippen molar-refractivity contribution in [2.75, 3.05) is 6.61 Å². The number of carbonyl (C=O) groups is 1. The minimum atomic E-state index is -0.315. The highest BCUT2D eigenvalue weighted by Gasteiger charge is 2.02. The molecule has 0 atom stereocenters. The molecule has 0 saturated carbocycles. The van der Waals surface area contributed by atoms with E-state index in [4.69, 9.17) is 4.74 Å². The molecule has 2 nitrogen and oxygen atoms in total. The van der Waals surface area contributed by atoms with Crippen molar-refractivity contribution in [3.8, 4) is 0 Å². The van der Waals surface area contributed by atoms with Gasteiger partial charge in [-0.25, -0.2) is 4.79 Å². The van der Waals surface area contributed by atoms with Gasteiger partial charge in [0.1, 0.15) is 0 Å². The van der Waals surface area contributed by atoms with E-state index in [0.717, 1.165) is 12.8 Å². The third-order valence-corrected chi connectivity index (χ3v) is 2.40. The van der Waals surface area contributed by atoms with Gasteiger partial charge in [0.25, 0.3) is 0 Å². The van der Waals surface area contributed by atoms with Crippen molar-refractivity contribution in [1.82, 2.24) is 0 Å². The Morgan fingerprint density at radius 2 is 1.67 bits per heavy atom. The molecule has 18 heavy (non-hydrogen) atoms.